The molecule has 1 amide bonds. The molecule has 1 saturated heterocycles. The van der Waals surface area contributed by atoms with Crippen molar-refractivity contribution >= 4 is 11.9 Å². The molecule has 0 saturated carbocycles. The summed E-state index contributed by atoms with van der Waals surface area (Å²) in [5.74, 6) is 4.23. The lowest BCUT2D eigenvalue weighted by molar-refractivity contribution is -0.139. The van der Waals surface area contributed by atoms with Crippen LogP contribution in [0.1, 0.15) is 38.7 Å². The maximum absolute atomic E-state index is 13.1. The van der Waals surface area contributed by atoms with Gasteiger partial charge in [0.1, 0.15) is 11.9 Å². The van der Waals surface area contributed by atoms with Crippen molar-refractivity contribution in [3.05, 3.63) is 35.6 Å². The summed E-state index contributed by atoms with van der Waals surface area (Å²) in [6.07, 6.45) is -2.68. The van der Waals surface area contributed by atoms with Gasteiger partial charge in [0.15, 0.2) is 0 Å². The number of benzene rings is 1. The van der Waals surface area contributed by atoms with Crippen LogP contribution < -0.4 is 0 Å². The lowest BCUT2D eigenvalue weighted by Gasteiger charge is -2.26. The first-order valence-corrected chi connectivity index (χ1v) is 9.30. The van der Waals surface area contributed by atoms with Gasteiger partial charge in [-0.05, 0) is 23.6 Å². The van der Waals surface area contributed by atoms with Crippen molar-refractivity contribution < 1.29 is 29.3 Å². The molecule has 0 aromatic heterocycles. The number of likely N-dealkylation sites (tertiary alicyclic amines) is 1. The fourth-order valence-corrected chi connectivity index (χ4v) is 3.36. The van der Waals surface area contributed by atoms with Crippen LogP contribution in [0.4, 0.5) is 4.39 Å². The summed E-state index contributed by atoms with van der Waals surface area (Å²) in [6.45, 7) is 4.29. The first-order valence-electron chi connectivity index (χ1n) is 9.30. The van der Waals surface area contributed by atoms with Gasteiger partial charge < -0.3 is 20.2 Å². The first-order chi connectivity index (χ1) is 13.2. The molecule has 1 aliphatic rings. The van der Waals surface area contributed by atoms with E-state index in [9.17, 15) is 24.2 Å². The highest BCUT2D eigenvalue weighted by Gasteiger charge is 2.40. The van der Waals surface area contributed by atoms with E-state index in [0.29, 0.717) is 13.0 Å². The van der Waals surface area contributed by atoms with Crippen molar-refractivity contribution in [2.75, 3.05) is 0 Å². The van der Waals surface area contributed by atoms with Crippen LogP contribution in [-0.4, -0.2) is 50.3 Å². The van der Waals surface area contributed by atoms with Crippen LogP contribution in [0.3, 0.4) is 0 Å². The average Bonchev–Trinajstić information content (AvgIpc) is 2.90. The molecule has 1 aliphatic heterocycles. The van der Waals surface area contributed by atoms with Crippen molar-refractivity contribution in [2.24, 2.45) is 11.8 Å². The van der Waals surface area contributed by atoms with Crippen LogP contribution >= 0.6 is 0 Å². The van der Waals surface area contributed by atoms with Gasteiger partial charge in [0.2, 0.25) is 5.91 Å². The fourth-order valence-electron chi connectivity index (χ4n) is 3.36. The zero-order valence-electron chi connectivity index (χ0n) is 16.0. The zero-order valence-corrected chi connectivity index (χ0v) is 16.0. The van der Waals surface area contributed by atoms with Gasteiger partial charge in [0, 0.05) is 25.3 Å². The second kappa shape index (κ2) is 9.67. The lowest BCUT2D eigenvalue weighted by atomic mass is 9.88. The molecule has 1 aromatic carbocycles. The van der Waals surface area contributed by atoms with Gasteiger partial charge in [0.05, 0.1) is 18.6 Å². The fraction of sp³-hybridized carbons (Fsp3) is 0.524. The Kier molecular flexibility index (Phi) is 7.55. The molecule has 0 bridgehead atoms. The van der Waals surface area contributed by atoms with Crippen molar-refractivity contribution in [1.29, 1.82) is 0 Å². The number of aliphatic hydroxyl groups excluding tert-OH is 2. The van der Waals surface area contributed by atoms with Crippen LogP contribution in [-0.2, 0) is 16.1 Å². The predicted molar refractivity (Wildman–Crippen MR) is 100 cm³/mol. The minimum atomic E-state index is -1.19. The molecule has 6 nitrogen and oxygen atoms in total. The molecule has 7 heteroatoms. The van der Waals surface area contributed by atoms with Crippen LogP contribution in [0.15, 0.2) is 24.3 Å². The van der Waals surface area contributed by atoms with Crippen molar-refractivity contribution in [2.45, 2.75) is 57.9 Å². The molecule has 0 aliphatic carbocycles. The molecule has 0 unspecified atom stereocenters. The zero-order chi connectivity index (χ0) is 20.8. The summed E-state index contributed by atoms with van der Waals surface area (Å²) in [5, 5.41) is 28.3. The van der Waals surface area contributed by atoms with E-state index in [1.54, 1.807) is 17.0 Å². The van der Waals surface area contributed by atoms with Crippen LogP contribution in [0.25, 0.3) is 0 Å². The number of carboxylic acid groups (broad SMARTS) is 1. The highest BCUT2D eigenvalue weighted by Crippen LogP contribution is 2.32. The maximum atomic E-state index is 13.1. The average molecular weight is 391 g/mol. The first kappa shape index (κ1) is 21.9. The maximum Gasteiger partial charge on any atom is 0.305 e. The van der Waals surface area contributed by atoms with E-state index in [1.807, 2.05) is 13.8 Å². The van der Waals surface area contributed by atoms with Gasteiger partial charge in [-0.3, -0.25) is 9.59 Å². The Morgan fingerprint density at radius 2 is 1.93 bits per heavy atom. The third kappa shape index (κ3) is 6.04. The van der Waals surface area contributed by atoms with Crippen molar-refractivity contribution in [3.8, 4) is 11.8 Å². The molecule has 1 fully saturated rings. The van der Waals surface area contributed by atoms with Gasteiger partial charge in [0.25, 0.3) is 0 Å². The highest BCUT2D eigenvalue weighted by atomic mass is 19.1. The van der Waals surface area contributed by atoms with Gasteiger partial charge in [-0.1, -0.05) is 37.8 Å². The van der Waals surface area contributed by atoms with Gasteiger partial charge in [-0.15, -0.1) is 0 Å². The largest absolute Gasteiger partial charge is 0.481 e. The Labute approximate surface area is 164 Å². The Bertz CT molecular complexity index is 752. The SMILES string of the molecule is CC(C)[C@@H]1CC(=O)N(Cc2ccc(F)cc2)[C@H]1C#C[C@H](O)C[C@H](O)CC(=O)O. The number of hydrogen-bond acceptors (Lipinski definition) is 4. The predicted octanol–water partition coefficient (Wildman–Crippen LogP) is 1.79. The summed E-state index contributed by atoms with van der Waals surface area (Å²) in [5.41, 5.74) is 0.781. The monoisotopic (exact) mass is 391 g/mol. The number of halogens is 1. The quantitative estimate of drug-likeness (QED) is 0.616. The summed E-state index contributed by atoms with van der Waals surface area (Å²) in [6, 6.07) is 5.50. The third-order valence-electron chi connectivity index (χ3n) is 4.90. The summed E-state index contributed by atoms with van der Waals surface area (Å²) < 4.78 is 13.1. The normalized spacial score (nSPS) is 21.4. The third-order valence-corrected chi connectivity index (χ3v) is 4.90. The van der Waals surface area contributed by atoms with E-state index in [1.165, 1.54) is 12.1 Å². The Morgan fingerprint density at radius 3 is 2.50 bits per heavy atom. The van der Waals surface area contributed by atoms with Gasteiger partial charge in [-0.2, -0.15) is 0 Å². The second-order valence-corrected chi connectivity index (χ2v) is 7.50. The van der Waals surface area contributed by atoms with Crippen molar-refractivity contribution in [1.82, 2.24) is 4.90 Å². The van der Waals surface area contributed by atoms with E-state index < -0.39 is 30.6 Å². The van der Waals surface area contributed by atoms with Crippen LogP contribution in [0.5, 0.6) is 0 Å². The van der Waals surface area contributed by atoms with E-state index in [4.69, 9.17) is 5.11 Å². The van der Waals surface area contributed by atoms with E-state index in [2.05, 4.69) is 11.8 Å². The van der Waals surface area contributed by atoms with E-state index >= 15 is 0 Å². The molecule has 0 spiro atoms. The minimum absolute atomic E-state index is 0.0170. The molecule has 3 N–H and O–H groups in total. The number of amides is 1. The highest BCUT2D eigenvalue weighted by molar-refractivity contribution is 5.80. The summed E-state index contributed by atoms with van der Waals surface area (Å²) in [7, 11) is 0. The summed E-state index contributed by atoms with van der Waals surface area (Å²) in [4.78, 5) is 24.8. The molecule has 2 rings (SSSR count). The number of carboxylic acids is 1. The summed E-state index contributed by atoms with van der Waals surface area (Å²) >= 11 is 0. The second-order valence-electron chi connectivity index (χ2n) is 7.50. The van der Waals surface area contributed by atoms with E-state index in [-0.39, 0.29) is 30.0 Å². The number of aliphatic carboxylic acids is 1. The number of carbonyl (C=O) groups is 2. The number of nitrogens with zero attached hydrogens (tertiary/aromatic N) is 1. The smallest absolute Gasteiger partial charge is 0.305 e. The number of rotatable bonds is 7. The standard InChI is InChI=1S/C21H26FNO5/c1-13(2)18-11-20(26)23(12-14-3-5-15(22)6-4-14)19(18)8-7-16(24)9-17(25)10-21(27)28/h3-6,13,16-19,24-25H,9-12H2,1-2H3,(H,27,28)/t16-,17-,18-,19-/m0/s1. The molecule has 152 valence electrons. The van der Waals surface area contributed by atoms with Crippen LogP contribution in [0, 0.1) is 29.5 Å². The van der Waals surface area contributed by atoms with Crippen molar-refractivity contribution in [3.63, 3.8) is 0 Å². The molecular formula is C21H26FNO5. The number of hydrogen-bond donors (Lipinski definition) is 3. The molecular weight excluding hydrogens is 365 g/mol. The molecule has 1 heterocycles. The van der Waals surface area contributed by atoms with Gasteiger partial charge in [-0.25, -0.2) is 4.39 Å². The Morgan fingerprint density at radius 1 is 1.29 bits per heavy atom. The number of carbonyl (C=O) groups excluding carboxylic acids is 1. The molecule has 0 radical (unpaired) electrons. The van der Waals surface area contributed by atoms with Crippen LogP contribution in [0.2, 0.25) is 0 Å². The van der Waals surface area contributed by atoms with Gasteiger partial charge >= 0.3 is 5.97 Å². The molecule has 28 heavy (non-hydrogen) atoms. The lowest BCUT2D eigenvalue weighted by Crippen LogP contribution is -2.35. The Balaban J connectivity index is 2.15. The minimum Gasteiger partial charge on any atom is -0.481 e. The molecule has 4 atom stereocenters. The number of aliphatic hydroxyl groups is 2. The Hall–Kier alpha value is -2.43. The topological polar surface area (TPSA) is 98.1 Å². The van der Waals surface area contributed by atoms with E-state index in [0.717, 1.165) is 5.56 Å². The molecule has 1 aromatic rings.